The Morgan fingerprint density at radius 1 is 0.864 bits per heavy atom. The Hall–Kier alpha value is -0.0800. The summed E-state index contributed by atoms with van der Waals surface area (Å²) in [5.41, 5.74) is 0.382. The highest BCUT2D eigenvalue weighted by atomic mass is 16.3. The van der Waals surface area contributed by atoms with Gasteiger partial charge in [-0.25, -0.2) is 0 Å². The molecule has 0 amide bonds. The van der Waals surface area contributed by atoms with Crippen molar-refractivity contribution in [1.29, 1.82) is 0 Å². The Kier molecular flexibility index (Phi) is 3.02. The molecular weight excluding hydrogens is 272 g/mol. The summed E-state index contributed by atoms with van der Waals surface area (Å²) in [6.07, 6.45) is 9.36. The molecule has 0 aromatic rings. The van der Waals surface area contributed by atoms with Crippen LogP contribution >= 0.6 is 0 Å². The molecule has 5 fully saturated rings. The van der Waals surface area contributed by atoms with Crippen molar-refractivity contribution in [3.05, 3.63) is 0 Å². The summed E-state index contributed by atoms with van der Waals surface area (Å²) >= 11 is 0. The van der Waals surface area contributed by atoms with Gasteiger partial charge in [-0.3, -0.25) is 0 Å². The maximum absolute atomic E-state index is 10.9. The van der Waals surface area contributed by atoms with Crippen LogP contribution in [0.3, 0.4) is 0 Å². The summed E-state index contributed by atoms with van der Waals surface area (Å²) in [7, 11) is 0. The third-order valence-electron chi connectivity index (χ3n) is 9.08. The van der Waals surface area contributed by atoms with Crippen molar-refractivity contribution in [3.63, 3.8) is 0 Å². The minimum absolute atomic E-state index is 0.0494. The normalized spacial score (nSPS) is 59.7. The number of fused-ring (bicyclic) bond motifs is 3. The number of rotatable bonds is 0. The Bertz CT molecular complexity index is 482. The number of aliphatic hydroxyl groups excluding tert-OH is 1. The Labute approximate surface area is 135 Å². The first-order chi connectivity index (χ1) is 10.1. The monoisotopic (exact) mass is 306 g/mol. The second kappa shape index (κ2) is 4.30. The van der Waals surface area contributed by atoms with E-state index in [4.69, 9.17) is 0 Å². The largest absolute Gasteiger partial charge is 0.393 e. The molecule has 0 aromatic carbocycles. The van der Waals surface area contributed by atoms with Gasteiger partial charge in [0.25, 0.3) is 0 Å². The molecule has 5 aliphatic carbocycles. The molecule has 1 spiro atoms. The van der Waals surface area contributed by atoms with Gasteiger partial charge in [0, 0.05) is 0 Å². The molecule has 2 heteroatoms. The minimum Gasteiger partial charge on any atom is -0.393 e. The van der Waals surface area contributed by atoms with E-state index in [9.17, 15) is 10.2 Å². The zero-order valence-electron chi connectivity index (χ0n) is 14.9. The molecule has 5 rings (SSSR count). The van der Waals surface area contributed by atoms with Crippen LogP contribution in [0.2, 0.25) is 0 Å². The lowest BCUT2D eigenvalue weighted by molar-refractivity contribution is -0.242. The SMILES string of the molecule is CC1(C)[C@H](O)CC[C@@]2(C)C3C[C@@H]4CC[C@@]3(CC[C@H]12)C[C@]4(C)O. The molecule has 0 aliphatic heterocycles. The van der Waals surface area contributed by atoms with Crippen LogP contribution in [0.4, 0.5) is 0 Å². The van der Waals surface area contributed by atoms with Gasteiger partial charge in [-0.15, -0.1) is 0 Å². The van der Waals surface area contributed by atoms with Crippen molar-refractivity contribution in [3.8, 4) is 0 Å². The first-order valence-corrected chi connectivity index (χ1v) is 9.52. The van der Waals surface area contributed by atoms with Crippen LogP contribution in [0, 0.1) is 34.0 Å². The predicted octanol–water partition coefficient (Wildman–Crippen LogP) is 4.14. The number of aliphatic hydroxyl groups is 2. The van der Waals surface area contributed by atoms with Crippen LogP contribution in [0.1, 0.15) is 79.1 Å². The molecule has 0 saturated heterocycles. The fourth-order valence-electron chi connectivity index (χ4n) is 7.90. The second-order valence-electron chi connectivity index (χ2n) is 10.4. The Morgan fingerprint density at radius 3 is 2.23 bits per heavy atom. The van der Waals surface area contributed by atoms with E-state index in [1.165, 1.54) is 38.5 Å². The van der Waals surface area contributed by atoms with E-state index >= 15 is 0 Å². The topological polar surface area (TPSA) is 40.5 Å². The molecule has 7 atom stereocenters. The predicted molar refractivity (Wildman–Crippen MR) is 88.4 cm³/mol. The third-order valence-corrected chi connectivity index (χ3v) is 9.08. The lowest BCUT2D eigenvalue weighted by atomic mass is 9.35. The van der Waals surface area contributed by atoms with Gasteiger partial charge in [-0.2, -0.15) is 0 Å². The molecule has 0 aromatic heterocycles. The summed E-state index contributed by atoms with van der Waals surface area (Å²) in [6.45, 7) is 9.23. The van der Waals surface area contributed by atoms with E-state index in [-0.39, 0.29) is 11.5 Å². The molecule has 0 radical (unpaired) electrons. The molecule has 2 nitrogen and oxygen atoms in total. The van der Waals surface area contributed by atoms with Gasteiger partial charge in [0.2, 0.25) is 0 Å². The van der Waals surface area contributed by atoms with Crippen molar-refractivity contribution in [2.24, 2.45) is 34.0 Å². The van der Waals surface area contributed by atoms with Crippen LogP contribution in [0.25, 0.3) is 0 Å². The lowest BCUT2D eigenvalue weighted by Crippen LogP contribution is -2.65. The molecule has 0 heterocycles. The standard InChI is InChI=1S/C20H34O2/c1-17(2)14-6-10-20-9-5-13(19(4,22)12-20)11-15(20)18(14,3)8-7-16(17)21/h13-16,21-22H,5-12H2,1-4H3/t13-,14+,15?,16+,18+,19-,20+/m0/s1. The highest BCUT2D eigenvalue weighted by molar-refractivity contribution is 5.16. The highest BCUT2D eigenvalue weighted by Gasteiger charge is 2.66. The van der Waals surface area contributed by atoms with Crippen molar-refractivity contribution in [1.82, 2.24) is 0 Å². The van der Waals surface area contributed by atoms with Crippen LogP contribution in [-0.2, 0) is 0 Å². The van der Waals surface area contributed by atoms with Crippen LogP contribution in [-0.4, -0.2) is 21.9 Å². The maximum Gasteiger partial charge on any atom is 0.0653 e. The van der Waals surface area contributed by atoms with Gasteiger partial charge in [-0.05, 0) is 92.3 Å². The van der Waals surface area contributed by atoms with Crippen molar-refractivity contribution >= 4 is 0 Å². The second-order valence-corrected chi connectivity index (χ2v) is 10.4. The van der Waals surface area contributed by atoms with Crippen LogP contribution in [0.15, 0.2) is 0 Å². The van der Waals surface area contributed by atoms with Gasteiger partial charge in [0.1, 0.15) is 0 Å². The smallest absolute Gasteiger partial charge is 0.0653 e. The van der Waals surface area contributed by atoms with Crippen molar-refractivity contribution in [2.75, 3.05) is 0 Å². The van der Waals surface area contributed by atoms with Crippen molar-refractivity contribution < 1.29 is 10.2 Å². The average molecular weight is 306 g/mol. The summed E-state index contributed by atoms with van der Waals surface area (Å²) in [4.78, 5) is 0. The summed E-state index contributed by atoms with van der Waals surface area (Å²) in [5.74, 6) is 1.91. The zero-order valence-corrected chi connectivity index (χ0v) is 14.9. The van der Waals surface area contributed by atoms with E-state index < -0.39 is 5.60 Å². The van der Waals surface area contributed by atoms with Gasteiger partial charge in [0.15, 0.2) is 0 Å². The molecule has 1 unspecified atom stereocenters. The van der Waals surface area contributed by atoms with E-state index in [1.54, 1.807) is 0 Å². The number of hydrogen-bond donors (Lipinski definition) is 2. The van der Waals surface area contributed by atoms with Crippen molar-refractivity contribution in [2.45, 2.75) is 90.8 Å². The van der Waals surface area contributed by atoms with E-state index in [2.05, 4.69) is 27.7 Å². The fourth-order valence-corrected chi connectivity index (χ4v) is 7.90. The summed E-state index contributed by atoms with van der Waals surface area (Å²) in [5, 5.41) is 21.4. The minimum atomic E-state index is -0.429. The average Bonchev–Trinajstić information content (AvgIpc) is 2.42. The van der Waals surface area contributed by atoms with Crippen LogP contribution in [0.5, 0.6) is 0 Å². The molecule has 2 N–H and O–H groups in total. The molecule has 126 valence electrons. The lowest BCUT2D eigenvalue weighted by Gasteiger charge is -2.70. The molecule has 2 bridgehead atoms. The molecule has 22 heavy (non-hydrogen) atoms. The quantitative estimate of drug-likeness (QED) is 0.706. The maximum atomic E-state index is 10.9. The van der Waals surface area contributed by atoms with E-state index in [0.717, 1.165) is 18.8 Å². The molecular formula is C20H34O2. The molecule has 5 saturated carbocycles. The molecule has 5 aliphatic rings. The Morgan fingerprint density at radius 2 is 1.55 bits per heavy atom. The summed E-state index contributed by atoms with van der Waals surface area (Å²) in [6, 6.07) is 0. The highest BCUT2D eigenvalue weighted by Crippen LogP contribution is 2.72. The van der Waals surface area contributed by atoms with Gasteiger partial charge < -0.3 is 10.2 Å². The fraction of sp³-hybridized carbons (Fsp3) is 1.00. The zero-order chi connectivity index (χ0) is 16.0. The first-order valence-electron chi connectivity index (χ1n) is 9.52. The first kappa shape index (κ1) is 15.4. The summed E-state index contributed by atoms with van der Waals surface area (Å²) < 4.78 is 0. The Balaban J connectivity index is 1.73. The van der Waals surface area contributed by atoms with Gasteiger partial charge in [0.05, 0.1) is 11.7 Å². The van der Waals surface area contributed by atoms with Crippen LogP contribution < -0.4 is 0 Å². The van der Waals surface area contributed by atoms with Gasteiger partial charge in [-0.1, -0.05) is 20.8 Å². The number of hydrogen-bond acceptors (Lipinski definition) is 2. The van der Waals surface area contributed by atoms with Gasteiger partial charge >= 0.3 is 0 Å². The van der Waals surface area contributed by atoms with E-state index in [1.807, 2.05) is 0 Å². The third kappa shape index (κ3) is 1.75. The van der Waals surface area contributed by atoms with E-state index in [0.29, 0.717) is 22.7 Å².